The average molecular weight is 458 g/mol. The first-order valence-corrected chi connectivity index (χ1v) is 11.3. The predicted octanol–water partition coefficient (Wildman–Crippen LogP) is 3.94. The molecule has 1 aliphatic rings. The number of hydrogen-bond acceptors (Lipinski definition) is 5. The SMILES string of the molecule is CC(CC(=O)Nc1cccc(C(F)(F)F)c1)S(=O)(=O)c1ccc2c(c1)NC(=O)CS2. The molecule has 30 heavy (non-hydrogen) atoms. The van der Waals surface area contributed by atoms with E-state index in [4.69, 9.17) is 0 Å². The summed E-state index contributed by atoms with van der Waals surface area (Å²) in [7, 11) is -3.91. The number of alkyl halides is 3. The van der Waals surface area contributed by atoms with E-state index in [0.717, 1.165) is 23.1 Å². The largest absolute Gasteiger partial charge is 0.416 e. The van der Waals surface area contributed by atoms with Crippen molar-refractivity contribution < 1.29 is 31.2 Å². The van der Waals surface area contributed by atoms with Gasteiger partial charge in [0.05, 0.1) is 27.1 Å². The summed E-state index contributed by atoms with van der Waals surface area (Å²) in [6.45, 7) is 1.34. The van der Waals surface area contributed by atoms with E-state index in [-0.39, 0.29) is 22.2 Å². The Hall–Kier alpha value is -2.53. The number of carbonyl (C=O) groups excluding carboxylic acids is 2. The van der Waals surface area contributed by atoms with E-state index in [1.165, 1.54) is 36.9 Å². The van der Waals surface area contributed by atoms with Crippen molar-refractivity contribution in [2.75, 3.05) is 16.4 Å². The number of benzene rings is 2. The monoisotopic (exact) mass is 458 g/mol. The maximum atomic E-state index is 12.8. The molecule has 0 saturated heterocycles. The van der Waals surface area contributed by atoms with Gasteiger partial charge in [-0.15, -0.1) is 11.8 Å². The van der Waals surface area contributed by atoms with Gasteiger partial charge in [-0.3, -0.25) is 9.59 Å². The second kappa shape index (κ2) is 8.31. The molecule has 0 aromatic heterocycles. The second-order valence-corrected chi connectivity index (χ2v) is 10.1. The summed E-state index contributed by atoms with van der Waals surface area (Å²) in [6, 6.07) is 8.42. The minimum absolute atomic E-state index is 0.0524. The Labute approximate surface area is 175 Å². The lowest BCUT2D eigenvalue weighted by atomic mass is 10.2. The van der Waals surface area contributed by atoms with Crippen molar-refractivity contribution in [3.05, 3.63) is 48.0 Å². The van der Waals surface area contributed by atoms with Crippen LogP contribution in [-0.2, 0) is 25.6 Å². The number of rotatable bonds is 5. The van der Waals surface area contributed by atoms with E-state index in [1.54, 1.807) is 6.07 Å². The number of sulfone groups is 1. The molecule has 2 amide bonds. The highest BCUT2D eigenvalue weighted by Crippen LogP contribution is 2.34. The Balaban J connectivity index is 1.72. The Kier molecular flexibility index (Phi) is 6.14. The van der Waals surface area contributed by atoms with E-state index in [0.29, 0.717) is 5.69 Å². The van der Waals surface area contributed by atoms with Crippen LogP contribution in [0.25, 0.3) is 0 Å². The molecule has 0 aliphatic carbocycles. The van der Waals surface area contributed by atoms with E-state index in [2.05, 4.69) is 10.6 Å². The minimum atomic E-state index is -4.56. The number of carbonyl (C=O) groups is 2. The van der Waals surface area contributed by atoms with E-state index in [9.17, 15) is 31.2 Å². The summed E-state index contributed by atoms with van der Waals surface area (Å²) >= 11 is 1.29. The molecule has 160 valence electrons. The fourth-order valence-corrected chi connectivity index (χ4v) is 4.99. The van der Waals surface area contributed by atoms with Gasteiger partial charge in [0, 0.05) is 17.0 Å². The molecule has 0 saturated carbocycles. The quantitative estimate of drug-likeness (QED) is 0.708. The zero-order valence-electron chi connectivity index (χ0n) is 15.6. The number of amides is 2. The molecule has 1 atom stereocenters. The van der Waals surface area contributed by atoms with Gasteiger partial charge in [-0.25, -0.2) is 8.42 Å². The molecule has 0 fully saturated rings. The molecule has 3 rings (SSSR count). The van der Waals surface area contributed by atoms with Crippen LogP contribution in [0, 0.1) is 0 Å². The zero-order chi connectivity index (χ0) is 22.1. The van der Waals surface area contributed by atoms with Gasteiger partial charge >= 0.3 is 6.18 Å². The van der Waals surface area contributed by atoms with E-state index < -0.39 is 39.2 Å². The third-order valence-corrected chi connectivity index (χ3v) is 7.60. The maximum absolute atomic E-state index is 12.8. The lowest BCUT2D eigenvalue weighted by Crippen LogP contribution is -2.25. The Morgan fingerprint density at radius 2 is 1.97 bits per heavy atom. The standard InChI is InChI=1S/C19H17F3N2O4S2/c1-11(7-17(25)23-13-4-2-3-12(8-13)19(20,21)22)30(27,28)14-5-6-16-15(9-14)24-18(26)10-29-16/h2-6,8-9,11H,7,10H2,1H3,(H,23,25)(H,24,26). The number of thioether (sulfide) groups is 1. The number of fused-ring (bicyclic) bond motifs is 1. The molecule has 1 heterocycles. The highest BCUT2D eigenvalue weighted by molar-refractivity contribution is 8.00. The van der Waals surface area contributed by atoms with Crippen molar-refractivity contribution in [2.24, 2.45) is 0 Å². The number of hydrogen-bond donors (Lipinski definition) is 2. The van der Waals surface area contributed by atoms with Crippen LogP contribution < -0.4 is 10.6 Å². The van der Waals surface area contributed by atoms with Gasteiger partial charge in [0.1, 0.15) is 0 Å². The van der Waals surface area contributed by atoms with Crippen molar-refractivity contribution in [3.8, 4) is 0 Å². The van der Waals surface area contributed by atoms with Crippen LogP contribution in [0.2, 0.25) is 0 Å². The summed E-state index contributed by atoms with van der Waals surface area (Å²) in [4.78, 5) is 24.4. The first kappa shape index (κ1) is 22.2. The van der Waals surface area contributed by atoms with Gasteiger partial charge < -0.3 is 10.6 Å². The molecular formula is C19H17F3N2O4S2. The van der Waals surface area contributed by atoms with Crippen molar-refractivity contribution in [1.29, 1.82) is 0 Å². The highest BCUT2D eigenvalue weighted by atomic mass is 32.2. The van der Waals surface area contributed by atoms with Crippen LogP contribution in [0.15, 0.2) is 52.3 Å². The molecule has 2 aromatic carbocycles. The maximum Gasteiger partial charge on any atom is 0.416 e. The summed E-state index contributed by atoms with van der Waals surface area (Å²) in [5, 5.41) is 3.78. The molecule has 11 heteroatoms. The summed E-state index contributed by atoms with van der Waals surface area (Å²) in [5.74, 6) is -0.728. The van der Waals surface area contributed by atoms with Crippen LogP contribution in [0.5, 0.6) is 0 Å². The zero-order valence-corrected chi connectivity index (χ0v) is 17.2. The minimum Gasteiger partial charge on any atom is -0.326 e. The molecule has 0 bridgehead atoms. The molecule has 2 N–H and O–H groups in total. The Bertz CT molecular complexity index is 1100. The summed E-state index contributed by atoms with van der Waals surface area (Å²) < 4.78 is 64.0. The van der Waals surface area contributed by atoms with Gasteiger partial charge in [0.25, 0.3) is 0 Å². The average Bonchev–Trinajstić information content (AvgIpc) is 2.66. The van der Waals surface area contributed by atoms with Crippen LogP contribution >= 0.6 is 11.8 Å². The molecule has 0 spiro atoms. The molecular weight excluding hydrogens is 441 g/mol. The predicted molar refractivity (Wildman–Crippen MR) is 107 cm³/mol. The smallest absolute Gasteiger partial charge is 0.326 e. The van der Waals surface area contributed by atoms with Crippen molar-refractivity contribution in [2.45, 2.75) is 34.6 Å². The first-order valence-electron chi connectivity index (χ1n) is 8.74. The second-order valence-electron chi connectivity index (χ2n) is 6.68. The Morgan fingerprint density at radius 1 is 1.23 bits per heavy atom. The van der Waals surface area contributed by atoms with Gasteiger partial charge in [-0.1, -0.05) is 6.07 Å². The first-order chi connectivity index (χ1) is 14.0. The van der Waals surface area contributed by atoms with Crippen LogP contribution in [0.1, 0.15) is 18.9 Å². The van der Waals surface area contributed by atoms with Crippen molar-refractivity contribution in [3.63, 3.8) is 0 Å². The van der Waals surface area contributed by atoms with E-state index in [1.807, 2.05) is 0 Å². The van der Waals surface area contributed by atoms with Crippen LogP contribution in [0.4, 0.5) is 24.5 Å². The third-order valence-electron chi connectivity index (χ3n) is 4.39. The van der Waals surface area contributed by atoms with Gasteiger partial charge in [0.15, 0.2) is 9.84 Å². The summed E-state index contributed by atoms with van der Waals surface area (Å²) in [5.41, 5.74) is -0.610. The fraction of sp³-hybridized carbons (Fsp3) is 0.263. The summed E-state index contributed by atoms with van der Waals surface area (Å²) in [6.07, 6.45) is -5.01. The van der Waals surface area contributed by atoms with Crippen molar-refractivity contribution in [1.82, 2.24) is 0 Å². The fourth-order valence-electron chi connectivity index (χ4n) is 2.83. The molecule has 2 aromatic rings. The van der Waals surface area contributed by atoms with Crippen molar-refractivity contribution >= 4 is 44.8 Å². The van der Waals surface area contributed by atoms with Crippen LogP contribution in [-0.4, -0.2) is 31.2 Å². The molecule has 6 nitrogen and oxygen atoms in total. The van der Waals surface area contributed by atoms with Crippen LogP contribution in [0.3, 0.4) is 0 Å². The van der Waals surface area contributed by atoms with Gasteiger partial charge in [-0.05, 0) is 43.3 Å². The number of nitrogens with one attached hydrogen (secondary N) is 2. The molecule has 1 unspecified atom stereocenters. The van der Waals surface area contributed by atoms with Gasteiger partial charge in [-0.2, -0.15) is 13.2 Å². The normalized spacial score (nSPS) is 15.1. The van der Waals surface area contributed by atoms with Gasteiger partial charge in [0.2, 0.25) is 11.8 Å². The highest BCUT2D eigenvalue weighted by Gasteiger charge is 2.31. The lowest BCUT2D eigenvalue weighted by Gasteiger charge is -2.18. The molecule has 1 aliphatic heterocycles. The number of anilines is 2. The van der Waals surface area contributed by atoms with E-state index >= 15 is 0 Å². The molecule has 0 radical (unpaired) electrons. The number of halogens is 3. The lowest BCUT2D eigenvalue weighted by molar-refractivity contribution is -0.137. The topological polar surface area (TPSA) is 92.3 Å². The Morgan fingerprint density at radius 3 is 2.67 bits per heavy atom. The third kappa shape index (κ3) is 4.96.